The summed E-state index contributed by atoms with van der Waals surface area (Å²) in [5.74, 6) is -1.21. The van der Waals surface area contributed by atoms with Crippen LogP contribution in [0.2, 0.25) is 0 Å². The van der Waals surface area contributed by atoms with Gasteiger partial charge in [-0.2, -0.15) is 0 Å². The number of amides is 3. The summed E-state index contributed by atoms with van der Waals surface area (Å²) in [6, 6.07) is 5.23. The van der Waals surface area contributed by atoms with E-state index in [0.717, 1.165) is 4.90 Å². The third kappa shape index (κ3) is 3.54. The highest BCUT2D eigenvalue weighted by atomic mass is 32.2. The number of anilines is 1. The molecule has 1 aromatic rings. The average Bonchev–Trinajstić information content (AvgIpc) is 2.37. The maximum atomic E-state index is 12.7. The number of hydrogen-bond acceptors (Lipinski definition) is 4. The summed E-state index contributed by atoms with van der Waals surface area (Å²) in [6.07, 6.45) is 0. The van der Waals surface area contributed by atoms with E-state index in [9.17, 15) is 18.8 Å². The van der Waals surface area contributed by atoms with E-state index in [1.54, 1.807) is 0 Å². The largest absolute Gasteiger partial charge is 0.325 e. The molecule has 0 aromatic heterocycles. The second kappa shape index (κ2) is 5.83. The van der Waals surface area contributed by atoms with Crippen LogP contribution in [0.5, 0.6) is 0 Å². The molecule has 3 amide bonds. The van der Waals surface area contributed by atoms with E-state index in [4.69, 9.17) is 0 Å². The maximum absolute atomic E-state index is 12.7. The number of rotatable bonds is 3. The lowest BCUT2D eigenvalue weighted by Crippen LogP contribution is -2.46. The van der Waals surface area contributed by atoms with Gasteiger partial charge in [0.1, 0.15) is 12.4 Å². The molecule has 7 heteroatoms. The minimum Gasteiger partial charge on any atom is -0.325 e. The Morgan fingerprint density at radius 2 is 1.79 bits per heavy atom. The van der Waals surface area contributed by atoms with Crippen LogP contribution in [0.3, 0.4) is 0 Å². The molecule has 0 saturated carbocycles. The van der Waals surface area contributed by atoms with Crippen LogP contribution >= 0.6 is 11.8 Å². The molecule has 0 spiro atoms. The topological polar surface area (TPSA) is 66.5 Å². The van der Waals surface area contributed by atoms with Gasteiger partial charge in [-0.3, -0.25) is 19.3 Å². The highest BCUT2D eigenvalue weighted by Crippen LogP contribution is 2.13. The Kier molecular flexibility index (Phi) is 4.16. The molecular formula is C12H11FN2O3S. The van der Waals surface area contributed by atoms with Gasteiger partial charge in [-0.05, 0) is 24.3 Å². The first-order valence-electron chi connectivity index (χ1n) is 5.52. The van der Waals surface area contributed by atoms with Crippen LogP contribution < -0.4 is 5.32 Å². The first-order chi connectivity index (χ1) is 9.06. The van der Waals surface area contributed by atoms with Crippen molar-refractivity contribution in [3.05, 3.63) is 30.1 Å². The molecule has 0 unspecified atom stereocenters. The molecule has 100 valence electrons. The van der Waals surface area contributed by atoms with Crippen molar-refractivity contribution in [2.75, 3.05) is 23.4 Å². The smallest absolute Gasteiger partial charge is 0.244 e. The van der Waals surface area contributed by atoms with E-state index < -0.39 is 11.7 Å². The molecule has 0 radical (unpaired) electrons. The molecular weight excluding hydrogens is 271 g/mol. The molecule has 1 heterocycles. The fourth-order valence-corrected chi connectivity index (χ4v) is 2.34. The zero-order valence-corrected chi connectivity index (χ0v) is 10.7. The fourth-order valence-electron chi connectivity index (χ4n) is 1.57. The normalized spacial score (nSPS) is 15.5. The monoisotopic (exact) mass is 282 g/mol. The van der Waals surface area contributed by atoms with Crippen LogP contribution in [0.4, 0.5) is 10.1 Å². The summed E-state index contributed by atoms with van der Waals surface area (Å²) in [4.78, 5) is 35.6. The number of imide groups is 1. The van der Waals surface area contributed by atoms with Crippen molar-refractivity contribution in [3.63, 3.8) is 0 Å². The van der Waals surface area contributed by atoms with E-state index in [1.807, 2.05) is 0 Å². The minimum atomic E-state index is -0.486. The molecule has 2 rings (SSSR count). The molecule has 1 aromatic carbocycles. The van der Waals surface area contributed by atoms with Crippen molar-refractivity contribution in [1.82, 2.24) is 4.90 Å². The van der Waals surface area contributed by atoms with Gasteiger partial charge in [0, 0.05) is 5.69 Å². The first kappa shape index (κ1) is 13.5. The molecule has 1 aliphatic heterocycles. The van der Waals surface area contributed by atoms with Crippen LogP contribution in [0.25, 0.3) is 0 Å². The summed E-state index contributed by atoms with van der Waals surface area (Å²) in [5.41, 5.74) is 0.415. The van der Waals surface area contributed by atoms with E-state index >= 15 is 0 Å². The summed E-state index contributed by atoms with van der Waals surface area (Å²) in [5, 5.41) is 2.50. The molecule has 1 aliphatic rings. The van der Waals surface area contributed by atoms with Crippen LogP contribution in [0.1, 0.15) is 0 Å². The zero-order chi connectivity index (χ0) is 13.8. The van der Waals surface area contributed by atoms with Crippen molar-refractivity contribution >= 4 is 35.2 Å². The second-order valence-electron chi connectivity index (χ2n) is 3.92. The van der Waals surface area contributed by atoms with E-state index in [2.05, 4.69) is 5.32 Å². The second-order valence-corrected chi connectivity index (χ2v) is 4.91. The predicted octanol–water partition coefficient (Wildman–Crippen LogP) is 0.866. The Bertz CT molecular complexity index is 502. The average molecular weight is 282 g/mol. The van der Waals surface area contributed by atoms with Crippen molar-refractivity contribution in [1.29, 1.82) is 0 Å². The predicted molar refractivity (Wildman–Crippen MR) is 69.1 cm³/mol. The number of benzene rings is 1. The molecule has 0 bridgehead atoms. The van der Waals surface area contributed by atoms with Gasteiger partial charge < -0.3 is 5.32 Å². The zero-order valence-electron chi connectivity index (χ0n) is 9.89. The molecule has 0 aliphatic carbocycles. The highest BCUT2D eigenvalue weighted by Gasteiger charge is 2.28. The number of carbonyl (C=O) groups is 3. The quantitative estimate of drug-likeness (QED) is 0.835. The van der Waals surface area contributed by atoms with Crippen molar-refractivity contribution in [3.8, 4) is 0 Å². The maximum Gasteiger partial charge on any atom is 0.244 e. The number of halogens is 1. The SMILES string of the molecule is O=C(CN1C(=O)CSCC1=O)Nc1ccc(F)cc1. The number of carbonyl (C=O) groups excluding carboxylic acids is 3. The lowest BCUT2D eigenvalue weighted by atomic mass is 10.3. The van der Waals surface area contributed by atoms with Gasteiger partial charge in [-0.25, -0.2) is 4.39 Å². The minimum absolute atomic E-state index is 0.204. The number of nitrogens with one attached hydrogen (secondary N) is 1. The Labute approximate surface area is 113 Å². The Balaban J connectivity index is 1.95. The van der Waals surface area contributed by atoms with Crippen molar-refractivity contribution < 1.29 is 18.8 Å². The molecule has 1 saturated heterocycles. The van der Waals surface area contributed by atoms with Gasteiger partial charge in [0.15, 0.2) is 0 Å². The number of nitrogens with zero attached hydrogens (tertiary/aromatic N) is 1. The summed E-state index contributed by atoms with van der Waals surface area (Å²) in [7, 11) is 0. The third-order valence-electron chi connectivity index (χ3n) is 2.48. The first-order valence-corrected chi connectivity index (χ1v) is 6.68. The summed E-state index contributed by atoms with van der Waals surface area (Å²) in [6.45, 7) is -0.310. The van der Waals surface area contributed by atoms with Crippen LogP contribution in [0, 0.1) is 5.82 Å². The summed E-state index contributed by atoms with van der Waals surface area (Å²) < 4.78 is 12.7. The van der Waals surface area contributed by atoms with Crippen LogP contribution in [-0.4, -0.2) is 40.7 Å². The Morgan fingerprint density at radius 1 is 1.21 bits per heavy atom. The van der Waals surface area contributed by atoms with Crippen LogP contribution in [-0.2, 0) is 14.4 Å². The standard InChI is InChI=1S/C12H11FN2O3S/c13-8-1-3-9(4-2-8)14-10(16)5-15-11(17)6-19-7-12(15)18/h1-4H,5-7H2,(H,14,16). The lowest BCUT2D eigenvalue weighted by Gasteiger charge is -2.23. The van der Waals surface area contributed by atoms with Gasteiger partial charge in [-0.1, -0.05) is 0 Å². The molecule has 1 fully saturated rings. The van der Waals surface area contributed by atoms with Gasteiger partial charge >= 0.3 is 0 Å². The molecule has 19 heavy (non-hydrogen) atoms. The summed E-state index contributed by atoms with van der Waals surface area (Å²) >= 11 is 1.23. The van der Waals surface area contributed by atoms with Gasteiger partial charge in [0.05, 0.1) is 11.5 Å². The Hall–Kier alpha value is -1.89. The lowest BCUT2D eigenvalue weighted by molar-refractivity contribution is -0.144. The fraction of sp³-hybridized carbons (Fsp3) is 0.250. The van der Waals surface area contributed by atoms with Crippen molar-refractivity contribution in [2.24, 2.45) is 0 Å². The Morgan fingerprint density at radius 3 is 2.37 bits per heavy atom. The number of hydrogen-bond donors (Lipinski definition) is 1. The van der Waals surface area contributed by atoms with Gasteiger partial charge in [-0.15, -0.1) is 11.8 Å². The molecule has 5 nitrogen and oxygen atoms in total. The van der Waals surface area contributed by atoms with E-state index in [1.165, 1.54) is 36.0 Å². The molecule has 1 N–H and O–H groups in total. The van der Waals surface area contributed by atoms with Crippen molar-refractivity contribution in [2.45, 2.75) is 0 Å². The highest BCUT2D eigenvalue weighted by molar-refractivity contribution is 8.00. The van der Waals surface area contributed by atoms with Crippen LogP contribution in [0.15, 0.2) is 24.3 Å². The van der Waals surface area contributed by atoms with E-state index in [0.29, 0.717) is 5.69 Å². The van der Waals surface area contributed by atoms with Gasteiger partial charge in [0.25, 0.3) is 0 Å². The van der Waals surface area contributed by atoms with E-state index in [-0.39, 0.29) is 29.9 Å². The molecule has 0 atom stereocenters. The third-order valence-corrected chi connectivity index (χ3v) is 3.39. The number of thioether (sulfide) groups is 1. The van der Waals surface area contributed by atoms with Gasteiger partial charge in [0.2, 0.25) is 17.7 Å².